The average molecular weight is 281 g/mol. The number of carboxylic acid groups (broad SMARTS) is 3. The molecule has 0 aliphatic rings. The van der Waals surface area contributed by atoms with Crippen LogP contribution in [0.25, 0.3) is 0 Å². The standard InChI is InChI=1S/C6H13NO2.2C2H5NO2/c1-4(2)3-5(7)6(8)9;2*3-1-2(4)5/h4-5H,3,7H2,1-2H3,(H,8,9);2*1,3H2,(H,4,5)/t5-;;/m0../s1. The third-order valence-electron chi connectivity index (χ3n) is 1.39. The van der Waals surface area contributed by atoms with Crippen LogP contribution in [0, 0.1) is 5.92 Å². The fraction of sp³-hybridized carbons (Fsp3) is 0.700. The summed E-state index contributed by atoms with van der Waals surface area (Å²) >= 11 is 0. The first-order valence-corrected chi connectivity index (χ1v) is 5.40. The second-order valence-electron chi connectivity index (χ2n) is 3.77. The Bertz CT molecular complexity index is 256. The number of rotatable bonds is 5. The van der Waals surface area contributed by atoms with Gasteiger partial charge in [-0.15, -0.1) is 0 Å². The average Bonchev–Trinajstić information content (AvgIpc) is 2.29. The molecule has 0 heterocycles. The van der Waals surface area contributed by atoms with Crippen molar-refractivity contribution in [2.75, 3.05) is 13.1 Å². The van der Waals surface area contributed by atoms with E-state index in [1.807, 2.05) is 13.8 Å². The van der Waals surface area contributed by atoms with Crippen molar-refractivity contribution in [3.05, 3.63) is 0 Å². The van der Waals surface area contributed by atoms with E-state index in [0.29, 0.717) is 12.3 Å². The zero-order valence-corrected chi connectivity index (χ0v) is 11.1. The highest BCUT2D eigenvalue weighted by Crippen LogP contribution is 2.01. The minimum Gasteiger partial charge on any atom is -0.480 e. The summed E-state index contributed by atoms with van der Waals surface area (Å²) in [4.78, 5) is 28.6. The van der Waals surface area contributed by atoms with Gasteiger partial charge in [0.05, 0.1) is 13.1 Å². The summed E-state index contributed by atoms with van der Waals surface area (Å²) in [5, 5.41) is 23.5. The highest BCUT2D eigenvalue weighted by atomic mass is 16.4. The Balaban J connectivity index is -0.000000219. The Hall–Kier alpha value is -1.71. The van der Waals surface area contributed by atoms with Crippen LogP contribution in [0.1, 0.15) is 20.3 Å². The van der Waals surface area contributed by atoms with Crippen LogP contribution >= 0.6 is 0 Å². The number of nitrogens with two attached hydrogens (primary N) is 3. The van der Waals surface area contributed by atoms with Crippen molar-refractivity contribution < 1.29 is 29.7 Å². The SMILES string of the molecule is CC(C)C[C@H](N)C(=O)O.NCC(=O)O.NCC(=O)O. The van der Waals surface area contributed by atoms with E-state index in [0.717, 1.165) is 0 Å². The normalized spacial score (nSPS) is 10.4. The molecule has 9 N–H and O–H groups in total. The number of aliphatic carboxylic acids is 3. The fourth-order valence-electron chi connectivity index (χ4n) is 0.609. The number of hydrogen-bond donors (Lipinski definition) is 6. The lowest BCUT2D eigenvalue weighted by Crippen LogP contribution is -2.31. The summed E-state index contributed by atoms with van der Waals surface area (Å²) in [5.74, 6) is -2.49. The summed E-state index contributed by atoms with van der Waals surface area (Å²) in [6.07, 6.45) is 0.551. The van der Waals surface area contributed by atoms with Gasteiger partial charge >= 0.3 is 17.9 Å². The summed E-state index contributed by atoms with van der Waals surface area (Å²) in [7, 11) is 0. The minimum absolute atomic E-state index is 0.278. The van der Waals surface area contributed by atoms with E-state index in [1.165, 1.54) is 0 Å². The molecular weight excluding hydrogens is 258 g/mol. The Labute approximate surface area is 111 Å². The lowest BCUT2D eigenvalue weighted by Gasteiger charge is -2.07. The second-order valence-corrected chi connectivity index (χ2v) is 3.77. The first-order valence-electron chi connectivity index (χ1n) is 5.40. The maximum absolute atomic E-state index is 10.1. The third-order valence-corrected chi connectivity index (χ3v) is 1.39. The Morgan fingerprint density at radius 1 is 0.947 bits per heavy atom. The molecule has 0 aromatic heterocycles. The van der Waals surface area contributed by atoms with Crippen molar-refractivity contribution in [2.24, 2.45) is 23.1 Å². The fourth-order valence-corrected chi connectivity index (χ4v) is 0.609. The van der Waals surface area contributed by atoms with Crippen molar-refractivity contribution >= 4 is 17.9 Å². The monoisotopic (exact) mass is 281 g/mol. The van der Waals surface area contributed by atoms with Crippen molar-refractivity contribution in [1.82, 2.24) is 0 Å². The molecular formula is C10H23N3O6. The first kappa shape index (κ1) is 22.5. The maximum Gasteiger partial charge on any atom is 0.320 e. The number of carboxylic acids is 3. The van der Waals surface area contributed by atoms with Crippen LogP contribution in [-0.4, -0.2) is 52.4 Å². The number of carbonyl (C=O) groups is 3. The van der Waals surface area contributed by atoms with Gasteiger partial charge in [0.15, 0.2) is 0 Å². The van der Waals surface area contributed by atoms with Gasteiger partial charge in [0.1, 0.15) is 6.04 Å². The van der Waals surface area contributed by atoms with E-state index in [9.17, 15) is 14.4 Å². The van der Waals surface area contributed by atoms with Crippen molar-refractivity contribution in [2.45, 2.75) is 26.3 Å². The molecule has 0 saturated carbocycles. The van der Waals surface area contributed by atoms with Gasteiger partial charge in [-0.25, -0.2) is 0 Å². The molecule has 1 atom stereocenters. The van der Waals surface area contributed by atoms with Crippen LogP contribution in [0.15, 0.2) is 0 Å². The molecule has 0 bridgehead atoms. The van der Waals surface area contributed by atoms with Gasteiger partial charge in [0.25, 0.3) is 0 Å². The van der Waals surface area contributed by atoms with Crippen LogP contribution in [0.2, 0.25) is 0 Å². The Kier molecular flexibility index (Phi) is 17.0. The molecule has 0 aliphatic heterocycles. The zero-order chi connectivity index (χ0) is 16.0. The van der Waals surface area contributed by atoms with Crippen molar-refractivity contribution in [3.8, 4) is 0 Å². The molecule has 19 heavy (non-hydrogen) atoms. The summed E-state index contributed by atoms with van der Waals surface area (Å²) in [5.41, 5.74) is 14.4. The molecule has 0 aromatic rings. The second kappa shape index (κ2) is 14.4. The molecule has 0 spiro atoms. The lowest BCUT2D eigenvalue weighted by atomic mass is 10.1. The molecule has 0 aromatic carbocycles. The van der Waals surface area contributed by atoms with Gasteiger partial charge in [-0.1, -0.05) is 13.8 Å². The molecule has 0 unspecified atom stereocenters. The molecule has 0 fully saturated rings. The predicted molar refractivity (Wildman–Crippen MR) is 68.4 cm³/mol. The predicted octanol–water partition coefficient (Wildman–Crippen LogP) is -1.50. The Morgan fingerprint density at radius 2 is 1.21 bits per heavy atom. The van der Waals surface area contributed by atoms with Gasteiger partial charge < -0.3 is 32.5 Å². The van der Waals surface area contributed by atoms with Crippen LogP contribution in [0.4, 0.5) is 0 Å². The summed E-state index contributed by atoms with van der Waals surface area (Å²) in [6.45, 7) is 3.34. The molecule has 0 aliphatic carbocycles. The largest absolute Gasteiger partial charge is 0.480 e. The van der Waals surface area contributed by atoms with Gasteiger partial charge in [-0.2, -0.15) is 0 Å². The van der Waals surface area contributed by atoms with E-state index in [1.54, 1.807) is 0 Å². The molecule has 0 saturated heterocycles. The lowest BCUT2D eigenvalue weighted by molar-refractivity contribution is -0.139. The Morgan fingerprint density at radius 3 is 1.26 bits per heavy atom. The van der Waals surface area contributed by atoms with E-state index in [-0.39, 0.29) is 13.1 Å². The van der Waals surface area contributed by atoms with Crippen LogP contribution in [0.5, 0.6) is 0 Å². The molecule has 0 amide bonds. The van der Waals surface area contributed by atoms with E-state index in [4.69, 9.17) is 21.1 Å². The van der Waals surface area contributed by atoms with E-state index in [2.05, 4.69) is 11.5 Å². The van der Waals surface area contributed by atoms with Gasteiger partial charge in [0, 0.05) is 0 Å². The highest BCUT2D eigenvalue weighted by molar-refractivity contribution is 5.73. The summed E-state index contributed by atoms with van der Waals surface area (Å²) < 4.78 is 0. The molecule has 9 nitrogen and oxygen atoms in total. The number of hydrogen-bond acceptors (Lipinski definition) is 6. The third kappa shape index (κ3) is 31.4. The van der Waals surface area contributed by atoms with E-state index < -0.39 is 23.9 Å². The smallest absolute Gasteiger partial charge is 0.320 e. The summed E-state index contributed by atoms with van der Waals surface area (Å²) in [6, 6.07) is -0.690. The maximum atomic E-state index is 10.1. The molecule has 114 valence electrons. The van der Waals surface area contributed by atoms with Crippen molar-refractivity contribution in [1.29, 1.82) is 0 Å². The van der Waals surface area contributed by atoms with Gasteiger partial charge in [0.2, 0.25) is 0 Å². The molecule has 0 rings (SSSR count). The van der Waals surface area contributed by atoms with Crippen LogP contribution < -0.4 is 17.2 Å². The zero-order valence-electron chi connectivity index (χ0n) is 11.1. The van der Waals surface area contributed by atoms with Crippen molar-refractivity contribution in [3.63, 3.8) is 0 Å². The van der Waals surface area contributed by atoms with Crippen LogP contribution in [0.3, 0.4) is 0 Å². The molecule has 0 radical (unpaired) electrons. The highest BCUT2D eigenvalue weighted by Gasteiger charge is 2.11. The van der Waals surface area contributed by atoms with Gasteiger partial charge in [-0.05, 0) is 12.3 Å². The molecule has 9 heteroatoms. The van der Waals surface area contributed by atoms with E-state index >= 15 is 0 Å². The topological polar surface area (TPSA) is 190 Å². The first-order chi connectivity index (χ1) is 8.58. The van der Waals surface area contributed by atoms with Gasteiger partial charge in [-0.3, -0.25) is 14.4 Å². The van der Waals surface area contributed by atoms with Crippen LogP contribution in [-0.2, 0) is 14.4 Å². The quantitative estimate of drug-likeness (QED) is 0.348. The minimum atomic E-state index is -0.968.